The Kier molecular flexibility index (Phi) is 3.78. The van der Waals surface area contributed by atoms with Gasteiger partial charge in [-0.25, -0.2) is 0 Å². The van der Waals surface area contributed by atoms with Gasteiger partial charge in [0.2, 0.25) is 0 Å². The number of carbonyl (C=O) groups is 1. The van der Waals surface area contributed by atoms with Gasteiger partial charge in [0.15, 0.2) is 0 Å². The highest BCUT2D eigenvalue weighted by Crippen LogP contribution is 2.20. The van der Waals surface area contributed by atoms with Gasteiger partial charge >= 0.3 is 0 Å². The number of H-pyrrole nitrogens is 1. The summed E-state index contributed by atoms with van der Waals surface area (Å²) in [5.41, 5.74) is 0.826. The highest BCUT2D eigenvalue weighted by Gasteiger charge is 2.16. The van der Waals surface area contributed by atoms with Gasteiger partial charge in [-0.2, -0.15) is 5.21 Å². The molecule has 0 spiro atoms. The minimum Gasteiger partial charge on any atom is -0.335 e. The van der Waals surface area contributed by atoms with Crippen LogP contribution in [-0.2, 0) is 6.54 Å². The molecule has 2 rings (SSSR count). The molecule has 1 aromatic heterocycles. The number of hydrogen-bond acceptors (Lipinski definition) is 4. The number of nitrogens with one attached hydrogen (secondary N) is 1. The third kappa shape index (κ3) is 2.96. The molecule has 0 fully saturated rings. The topological polar surface area (TPSA) is 74.8 Å². The average molecular weight is 286 g/mol. The van der Waals surface area contributed by atoms with Crippen molar-refractivity contribution >= 4 is 29.1 Å². The van der Waals surface area contributed by atoms with Crippen molar-refractivity contribution in [2.75, 3.05) is 7.05 Å². The second-order valence-corrected chi connectivity index (χ2v) is 4.55. The lowest BCUT2D eigenvalue weighted by Gasteiger charge is -2.15. The molecule has 0 saturated heterocycles. The molecule has 1 amide bonds. The lowest BCUT2D eigenvalue weighted by atomic mass is 10.2. The van der Waals surface area contributed by atoms with Crippen LogP contribution in [0.25, 0.3) is 0 Å². The van der Waals surface area contributed by atoms with E-state index in [1.807, 2.05) is 0 Å². The van der Waals surface area contributed by atoms with Crippen LogP contribution in [0.15, 0.2) is 18.2 Å². The van der Waals surface area contributed by atoms with Crippen LogP contribution < -0.4 is 0 Å². The number of benzene rings is 1. The molecule has 18 heavy (non-hydrogen) atoms. The van der Waals surface area contributed by atoms with Crippen molar-refractivity contribution < 1.29 is 4.79 Å². The van der Waals surface area contributed by atoms with E-state index in [0.717, 1.165) is 5.56 Å². The number of aromatic amines is 1. The molecule has 0 saturated carbocycles. The third-order valence-electron chi connectivity index (χ3n) is 2.23. The van der Waals surface area contributed by atoms with Gasteiger partial charge in [-0.3, -0.25) is 4.79 Å². The van der Waals surface area contributed by atoms with Crippen LogP contribution in [0.5, 0.6) is 0 Å². The first-order valence-corrected chi connectivity index (χ1v) is 5.76. The van der Waals surface area contributed by atoms with E-state index in [1.54, 1.807) is 25.2 Å². The van der Waals surface area contributed by atoms with Crippen molar-refractivity contribution in [2.24, 2.45) is 0 Å². The minimum absolute atomic E-state index is 0.0191. The summed E-state index contributed by atoms with van der Waals surface area (Å²) in [6.45, 7) is 0.355. The predicted octanol–water partition coefficient (Wildman–Crippen LogP) is 1.78. The molecule has 0 aliphatic rings. The Bertz CT molecular complexity index is 537. The fourth-order valence-electron chi connectivity index (χ4n) is 1.47. The van der Waals surface area contributed by atoms with Crippen molar-refractivity contribution in [3.63, 3.8) is 0 Å². The van der Waals surface area contributed by atoms with Crippen LogP contribution in [-0.4, -0.2) is 38.5 Å². The molecule has 1 aromatic carbocycles. The van der Waals surface area contributed by atoms with E-state index < -0.39 is 0 Å². The summed E-state index contributed by atoms with van der Waals surface area (Å²) in [4.78, 5) is 13.3. The Labute approximate surface area is 113 Å². The van der Waals surface area contributed by atoms with Crippen LogP contribution in [0.1, 0.15) is 16.2 Å². The lowest BCUT2D eigenvalue weighted by Crippen LogP contribution is -2.27. The summed E-state index contributed by atoms with van der Waals surface area (Å²) in [5, 5.41) is 13.9. The normalized spacial score (nSPS) is 10.4. The number of rotatable bonds is 3. The van der Waals surface area contributed by atoms with Crippen molar-refractivity contribution in [3.8, 4) is 0 Å². The standard InChI is InChI=1S/C10H9Cl2N5O/c1-17(10(18)9-13-15-16-14-9)5-6-2-7(11)4-8(12)3-6/h2-4H,5H2,1H3,(H,13,14,15,16). The summed E-state index contributed by atoms with van der Waals surface area (Å²) in [5.74, 6) is -0.314. The molecule has 0 aliphatic carbocycles. The van der Waals surface area contributed by atoms with E-state index >= 15 is 0 Å². The predicted molar refractivity (Wildman–Crippen MR) is 66.4 cm³/mol. The first-order valence-electron chi connectivity index (χ1n) is 5.00. The molecule has 1 N–H and O–H groups in total. The molecule has 2 aromatic rings. The molecule has 0 bridgehead atoms. The Morgan fingerprint density at radius 1 is 1.33 bits per heavy atom. The van der Waals surface area contributed by atoms with Gasteiger partial charge in [-0.05, 0) is 29.0 Å². The van der Waals surface area contributed by atoms with Crippen LogP contribution >= 0.6 is 23.2 Å². The van der Waals surface area contributed by atoms with Gasteiger partial charge in [0.1, 0.15) is 0 Å². The van der Waals surface area contributed by atoms with Gasteiger partial charge in [0, 0.05) is 23.6 Å². The van der Waals surface area contributed by atoms with E-state index in [1.165, 1.54) is 4.90 Å². The minimum atomic E-state index is -0.333. The van der Waals surface area contributed by atoms with E-state index in [0.29, 0.717) is 16.6 Å². The zero-order chi connectivity index (χ0) is 13.1. The van der Waals surface area contributed by atoms with E-state index in [4.69, 9.17) is 23.2 Å². The maximum atomic E-state index is 11.9. The molecule has 8 heteroatoms. The van der Waals surface area contributed by atoms with Gasteiger partial charge < -0.3 is 4.90 Å². The first-order chi connectivity index (χ1) is 8.56. The van der Waals surface area contributed by atoms with Crippen molar-refractivity contribution in [3.05, 3.63) is 39.6 Å². The Morgan fingerprint density at radius 3 is 2.56 bits per heavy atom. The van der Waals surface area contributed by atoms with Crippen molar-refractivity contribution in [2.45, 2.75) is 6.54 Å². The van der Waals surface area contributed by atoms with Gasteiger partial charge in [0.25, 0.3) is 11.7 Å². The van der Waals surface area contributed by atoms with E-state index in [9.17, 15) is 4.79 Å². The second kappa shape index (κ2) is 5.32. The number of aromatic nitrogens is 4. The average Bonchev–Trinajstić information content (AvgIpc) is 2.79. The molecule has 0 aliphatic heterocycles. The summed E-state index contributed by atoms with van der Waals surface area (Å²) in [6.07, 6.45) is 0. The number of amides is 1. The van der Waals surface area contributed by atoms with Crippen molar-refractivity contribution in [1.82, 2.24) is 25.5 Å². The summed E-state index contributed by atoms with van der Waals surface area (Å²) in [7, 11) is 1.63. The number of nitrogens with zero attached hydrogens (tertiary/aromatic N) is 4. The first kappa shape index (κ1) is 12.8. The van der Waals surface area contributed by atoms with Crippen LogP contribution in [0.4, 0.5) is 0 Å². The number of tetrazole rings is 1. The fraction of sp³-hybridized carbons (Fsp3) is 0.200. The van der Waals surface area contributed by atoms with E-state index in [2.05, 4.69) is 20.6 Å². The molecule has 1 heterocycles. The SMILES string of the molecule is CN(Cc1cc(Cl)cc(Cl)c1)C(=O)c1nn[nH]n1. The second-order valence-electron chi connectivity index (χ2n) is 3.67. The monoisotopic (exact) mass is 285 g/mol. The Morgan fingerprint density at radius 2 is 2.00 bits per heavy atom. The lowest BCUT2D eigenvalue weighted by molar-refractivity contribution is 0.0773. The van der Waals surface area contributed by atoms with Gasteiger partial charge in [0.05, 0.1) is 0 Å². The highest BCUT2D eigenvalue weighted by molar-refractivity contribution is 6.34. The quantitative estimate of drug-likeness (QED) is 0.933. The van der Waals surface area contributed by atoms with Gasteiger partial charge in [-0.1, -0.05) is 23.2 Å². The smallest absolute Gasteiger partial charge is 0.295 e. The summed E-state index contributed by atoms with van der Waals surface area (Å²) in [6, 6.07) is 5.12. The largest absolute Gasteiger partial charge is 0.335 e. The fourth-order valence-corrected chi connectivity index (χ4v) is 2.04. The Hall–Kier alpha value is -1.66. The van der Waals surface area contributed by atoms with E-state index in [-0.39, 0.29) is 11.7 Å². The van der Waals surface area contributed by atoms with Gasteiger partial charge in [-0.15, -0.1) is 10.2 Å². The van der Waals surface area contributed by atoms with Crippen LogP contribution in [0, 0.1) is 0 Å². The van der Waals surface area contributed by atoms with Crippen molar-refractivity contribution in [1.29, 1.82) is 0 Å². The molecular formula is C10H9Cl2N5O. The number of halogens is 2. The Balaban J connectivity index is 2.11. The molecule has 0 atom stereocenters. The maximum Gasteiger partial charge on any atom is 0.295 e. The molecule has 0 radical (unpaired) electrons. The third-order valence-corrected chi connectivity index (χ3v) is 2.66. The molecule has 0 unspecified atom stereocenters. The summed E-state index contributed by atoms with van der Waals surface area (Å²) < 4.78 is 0. The molecular weight excluding hydrogens is 277 g/mol. The number of hydrogen-bond donors (Lipinski definition) is 1. The van der Waals surface area contributed by atoms with Crippen LogP contribution in [0.3, 0.4) is 0 Å². The van der Waals surface area contributed by atoms with Crippen LogP contribution in [0.2, 0.25) is 10.0 Å². The molecule has 6 nitrogen and oxygen atoms in total. The summed E-state index contributed by atoms with van der Waals surface area (Å²) >= 11 is 11.8. The molecule has 94 valence electrons. The number of carbonyl (C=O) groups excluding carboxylic acids is 1. The zero-order valence-electron chi connectivity index (χ0n) is 9.39. The highest BCUT2D eigenvalue weighted by atomic mass is 35.5. The maximum absolute atomic E-state index is 11.9. The zero-order valence-corrected chi connectivity index (χ0v) is 10.9.